The van der Waals surface area contributed by atoms with Gasteiger partial charge in [-0.2, -0.15) is 0 Å². The smallest absolute Gasteiger partial charge is 0.258 e. The lowest BCUT2D eigenvalue weighted by atomic mass is 9.98. The van der Waals surface area contributed by atoms with Gasteiger partial charge in [-0.05, 0) is 61.2 Å². The molecule has 158 valence electrons. The molecule has 0 spiro atoms. The number of hydrogen-bond acceptors (Lipinski definition) is 5. The third-order valence-corrected chi connectivity index (χ3v) is 7.16. The minimum atomic E-state index is -3.82. The highest BCUT2D eigenvalue weighted by Gasteiger charge is 2.28. The number of hydrogen-bond donors (Lipinski definition) is 2. The van der Waals surface area contributed by atoms with Crippen LogP contribution in [0.1, 0.15) is 51.6 Å². The van der Waals surface area contributed by atoms with E-state index in [1.807, 2.05) is 18.2 Å². The van der Waals surface area contributed by atoms with Gasteiger partial charge in [-0.3, -0.25) is 19.8 Å². The van der Waals surface area contributed by atoms with Crippen molar-refractivity contribution in [3.05, 3.63) is 64.7 Å². The molecule has 1 fully saturated rings. The van der Waals surface area contributed by atoms with E-state index in [0.29, 0.717) is 0 Å². The summed E-state index contributed by atoms with van der Waals surface area (Å²) >= 11 is 0. The molecule has 0 atom stereocenters. The first-order chi connectivity index (χ1) is 14.3. The summed E-state index contributed by atoms with van der Waals surface area (Å²) in [5, 5.41) is 2.16. The lowest BCUT2D eigenvalue weighted by Gasteiger charge is -2.30. The number of nitrogens with zero attached hydrogens (tertiary/aromatic N) is 1. The highest BCUT2D eigenvalue weighted by molar-refractivity contribution is 7.89. The second-order valence-electron chi connectivity index (χ2n) is 8.09. The van der Waals surface area contributed by atoms with Crippen LogP contribution in [0.3, 0.4) is 0 Å². The Morgan fingerprint density at radius 3 is 2.47 bits per heavy atom. The number of imide groups is 1. The summed E-state index contributed by atoms with van der Waals surface area (Å²) in [6.45, 7) is 5.48. The first-order valence-electron chi connectivity index (χ1n) is 10.1. The van der Waals surface area contributed by atoms with E-state index in [2.05, 4.69) is 27.9 Å². The summed E-state index contributed by atoms with van der Waals surface area (Å²) in [4.78, 5) is 25.8. The van der Waals surface area contributed by atoms with Gasteiger partial charge >= 0.3 is 0 Å². The zero-order chi connectivity index (χ0) is 21.3. The maximum absolute atomic E-state index is 12.7. The van der Waals surface area contributed by atoms with Crippen molar-refractivity contribution in [3.63, 3.8) is 0 Å². The van der Waals surface area contributed by atoms with E-state index in [0.717, 1.165) is 36.7 Å². The lowest BCUT2D eigenvalue weighted by molar-refractivity contribution is 0.0879. The molecular weight excluding hydrogens is 402 g/mol. The third kappa shape index (κ3) is 4.45. The molecule has 0 aliphatic carbocycles. The average molecular weight is 428 g/mol. The maximum Gasteiger partial charge on any atom is 0.258 e. The van der Waals surface area contributed by atoms with E-state index in [-0.39, 0.29) is 22.6 Å². The van der Waals surface area contributed by atoms with Crippen LogP contribution in [-0.2, 0) is 23.1 Å². The Morgan fingerprint density at radius 2 is 1.70 bits per heavy atom. The summed E-state index contributed by atoms with van der Waals surface area (Å²) in [6.07, 6.45) is 2.42. The van der Waals surface area contributed by atoms with Crippen molar-refractivity contribution >= 4 is 21.8 Å². The van der Waals surface area contributed by atoms with Crippen LogP contribution in [0.4, 0.5) is 0 Å². The molecule has 2 aliphatic heterocycles. The van der Waals surface area contributed by atoms with Gasteiger partial charge in [0.2, 0.25) is 10.0 Å². The van der Waals surface area contributed by atoms with Crippen LogP contribution in [0, 0.1) is 5.92 Å². The number of sulfonamides is 1. The van der Waals surface area contributed by atoms with E-state index in [1.54, 1.807) is 0 Å². The molecule has 0 saturated carbocycles. The molecule has 0 bridgehead atoms. The average Bonchev–Trinajstić information content (AvgIpc) is 3.02. The molecule has 2 heterocycles. The summed E-state index contributed by atoms with van der Waals surface area (Å²) < 4.78 is 28.0. The van der Waals surface area contributed by atoms with Gasteiger partial charge in [0, 0.05) is 13.1 Å². The van der Waals surface area contributed by atoms with E-state index < -0.39 is 21.8 Å². The molecule has 8 heteroatoms. The molecule has 2 aromatic carbocycles. The van der Waals surface area contributed by atoms with Crippen LogP contribution in [0.2, 0.25) is 0 Å². The zero-order valence-corrected chi connectivity index (χ0v) is 17.7. The minimum absolute atomic E-state index is 0.0373. The number of piperidine rings is 1. The molecule has 4 rings (SSSR count). The third-order valence-electron chi connectivity index (χ3n) is 5.76. The van der Waals surface area contributed by atoms with Gasteiger partial charge in [0.1, 0.15) is 0 Å². The number of likely N-dealkylation sites (tertiary alicyclic amines) is 1. The van der Waals surface area contributed by atoms with Crippen molar-refractivity contribution in [3.8, 4) is 0 Å². The van der Waals surface area contributed by atoms with Gasteiger partial charge in [-0.25, -0.2) is 13.1 Å². The Morgan fingerprint density at radius 1 is 1.00 bits per heavy atom. The first-order valence-corrected chi connectivity index (χ1v) is 11.6. The van der Waals surface area contributed by atoms with Crippen molar-refractivity contribution in [1.82, 2.24) is 14.9 Å². The fourth-order valence-corrected chi connectivity index (χ4v) is 4.94. The van der Waals surface area contributed by atoms with Gasteiger partial charge in [-0.15, -0.1) is 0 Å². The number of benzene rings is 2. The number of amides is 2. The number of carbonyl (C=O) groups is 2. The monoisotopic (exact) mass is 427 g/mol. The molecule has 0 aromatic heterocycles. The van der Waals surface area contributed by atoms with E-state index in [9.17, 15) is 18.0 Å². The van der Waals surface area contributed by atoms with Crippen LogP contribution in [0.5, 0.6) is 0 Å². The number of nitrogens with one attached hydrogen (secondary N) is 2. The van der Waals surface area contributed by atoms with Crippen molar-refractivity contribution in [2.24, 2.45) is 5.92 Å². The number of carbonyl (C=O) groups excluding carboxylic acids is 2. The van der Waals surface area contributed by atoms with Crippen molar-refractivity contribution < 1.29 is 18.0 Å². The molecule has 2 aliphatic rings. The highest BCUT2D eigenvalue weighted by Crippen LogP contribution is 2.21. The number of fused-ring (bicyclic) bond motifs is 1. The van der Waals surface area contributed by atoms with E-state index >= 15 is 0 Å². The zero-order valence-electron chi connectivity index (χ0n) is 16.8. The second-order valence-corrected chi connectivity index (χ2v) is 9.86. The standard InChI is InChI=1S/C22H25N3O4S/c1-15-7-9-25(10-8-15)14-17-4-2-3-16(11-17)13-23-30(28,29)18-5-6-19-20(12-18)22(27)24-21(19)26/h2-6,11-12,15,23H,7-10,13-14H2,1H3,(H,24,26,27). The number of rotatable bonds is 6. The van der Waals surface area contributed by atoms with Crippen LogP contribution in [-0.4, -0.2) is 38.2 Å². The van der Waals surface area contributed by atoms with Crippen molar-refractivity contribution in [2.75, 3.05) is 13.1 Å². The fraction of sp³-hybridized carbons (Fsp3) is 0.364. The largest absolute Gasteiger partial charge is 0.299 e. The van der Waals surface area contributed by atoms with Gasteiger partial charge in [-0.1, -0.05) is 31.2 Å². The Bertz CT molecular complexity index is 1090. The second kappa shape index (κ2) is 8.29. The van der Waals surface area contributed by atoms with E-state index in [4.69, 9.17) is 0 Å². The maximum atomic E-state index is 12.7. The molecule has 7 nitrogen and oxygen atoms in total. The summed E-state index contributed by atoms with van der Waals surface area (Å²) in [6, 6.07) is 11.9. The molecule has 2 amide bonds. The quantitative estimate of drug-likeness (QED) is 0.690. The van der Waals surface area contributed by atoms with Gasteiger partial charge < -0.3 is 0 Å². The first kappa shape index (κ1) is 20.7. The van der Waals surface area contributed by atoms with Crippen LogP contribution in [0.25, 0.3) is 0 Å². The summed E-state index contributed by atoms with van der Waals surface area (Å²) in [7, 11) is -3.82. The van der Waals surface area contributed by atoms with Gasteiger partial charge in [0.25, 0.3) is 11.8 Å². The fourth-order valence-electron chi connectivity index (χ4n) is 3.89. The predicted octanol–water partition coefficient (Wildman–Crippen LogP) is 2.28. The normalized spacial score (nSPS) is 17.8. The topological polar surface area (TPSA) is 95.6 Å². The predicted molar refractivity (Wildman–Crippen MR) is 112 cm³/mol. The summed E-state index contributed by atoms with van der Waals surface area (Å²) in [5.41, 5.74) is 2.31. The Balaban J connectivity index is 1.42. The van der Waals surface area contributed by atoms with Crippen molar-refractivity contribution in [2.45, 2.75) is 37.8 Å². The molecular formula is C22H25N3O4S. The Labute approximate surface area is 176 Å². The molecule has 2 N–H and O–H groups in total. The highest BCUT2D eigenvalue weighted by atomic mass is 32.2. The summed E-state index contributed by atoms with van der Waals surface area (Å²) in [5.74, 6) is -0.302. The molecule has 2 aromatic rings. The Kier molecular flexibility index (Phi) is 5.73. The minimum Gasteiger partial charge on any atom is -0.299 e. The Hall–Kier alpha value is -2.55. The van der Waals surface area contributed by atoms with Crippen molar-refractivity contribution in [1.29, 1.82) is 0 Å². The van der Waals surface area contributed by atoms with Gasteiger partial charge in [0.05, 0.1) is 16.0 Å². The molecule has 0 unspecified atom stereocenters. The van der Waals surface area contributed by atoms with E-state index in [1.165, 1.54) is 31.0 Å². The van der Waals surface area contributed by atoms with Crippen LogP contribution >= 0.6 is 0 Å². The van der Waals surface area contributed by atoms with Crippen LogP contribution in [0.15, 0.2) is 47.4 Å². The molecule has 1 saturated heterocycles. The van der Waals surface area contributed by atoms with Gasteiger partial charge in [0.15, 0.2) is 0 Å². The molecule has 30 heavy (non-hydrogen) atoms. The lowest BCUT2D eigenvalue weighted by Crippen LogP contribution is -2.32. The SMILES string of the molecule is CC1CCN(Cc2cccc(CNS(=O)(=O)c3ccc4c(c3)C(=O)NC4=O)c2)CC1. The van der Waals surface area contributed by atoms with Crippen LogP contribution < -0.4 is 10.0 Å². The molecule has 0 radical (unpaired) electrons.